The van der Waals surface area contributed by atoms with Crippen molar-refractivity contribution in [2.24, 2.45) is 4.99 Å². The molecule has 0 aliphatic carbocycles. The van der Waals surface area contributed by atoms with E-state index in [0.29, 0.717) is 4.38 Å². The van der Waals surface area contributed by atoms with Gasteiger partial charge in [-0.1, -0.05) is 36.4 Å². The first-order valence-electron chi connectivity index (χ1n) is 5.21. The van der Waals surface area contributed by atoms with Gasteiger partial charge in [0.1, 0.15) is 15.9 Å². The lowest BCUT2D eigenvalue weighted by atomic mass is 10.2. The standard InChI is InChI=1S/C12H9ClFNOS2/c1-2-17-12-15-10(11(16)18-12)6-7-8(13)4-3-5-9(7)14/h3-6H,2H2,1H3/b10-6-. The maximum atomic E-state index is 13.6. The van der Waals surface area contributed by atoms with Crippen LogP contribution < -0.4 is 0 Å². The first kappa shape index (κ1) is 13.6. The number of hydrogen-bond donors (Lipinski definition) is 0. The molecule has 18 heavy (non-hydrogen) atoms. The second-order valence-corrected chi connectivity index (χ2v) is 6.25. The molecule has 0 radical (unpaired) electrons. The summed E-state index contributed by atoms with van der Waals surface area (Å²) in [5.74, 6) is 0.381. The molecule has 0 amide bonds. The second-order valence-electron chi connectivity index (χ2n) is 3.37. The summed E-state index contributed by atoms with van der Waals surface area (Å²) in [5.41, 5.74) is 0.442. The van der Waals surface area contributed by atoms with Crippen LogP contribution >= 0.6 is 35.1 Å². The second kappa shape index (κ2) is 5.91. The lowest BCUT2D eigenvalue weighted by molar-refractivity contribution is -0.107. The van der Waals surface area contributed by atoms with Crippen LogP contribution in [0.4, 0.5) is 4.39 Å². The third-order valence-corrected chi connectivity index (χ3v) is 4.37. The van der Waals surface area contributed by atoms with Crippen molar-refractivity contribution in [3.8, 4) is 0 Å². The number of aliphatic imine (C=N–C) groups is 1. The fourth-order valence-corrected chi connectivity index (χ4v) is 3.32. The molecular formula is C12H9ClFNOS2. The van der Waals surface area contributed by atoms with E-state index in [0.717, 1.165) is 17.5 Å². The van der Waals surface area contributed by atoms with Crippen molar-refractivity contribution in [1.82, 2.24) is 0 Å². The Morgan fingerprint density at radius 2 is 2.33 bits per heavy atom. The smallest absolute Gasteiger partial charge is 0.244 e. The normalized spacial score (nSPS) is 17.4. The van der Waals surface area contributed by atoms with Gasteiger partial charge in [-0.2, -0.15) is 0 Å². The highest BCUT2D eigenvalue weighted by molar-refractivity contribution is 8.45. The Bertz CT molecular complexity index is 537. The molecule has 1 aliphatic heterocycles. The van der Waals surface area contributed by atoms with E-state index in [4.69, 9.17) is 11.6 Å². The van der Waals surface area contributed by atoms with Gasteiger partial charge in [-0.05, 0) is 35.7 Å². The summed E-state index contributed by atoms with van der Waals surface area (Å²) >= 11 is 8.46. The Morgan fingerprint density at radius 3 is 3.00 bits per heavy atom. The van der Waals surface area contributed by atoms with E-state index in [1.165, 1.54) is 30.0 Å². The van der Waals surface area contributed by atoms with Crippen molar-refractivity contribution < 1.29 is 9.18 Å². The molecule has 0 fully saturated rings. The van der Waals surface area contributed by atoms with Crippen molar-refractivity contribution in [2.45, 2.75) is 6.92 Å². The minimum Gasteiger partial charge on any atom is -0.279 e. The van der Waals surface area contributed by atoms with E-state index >= 15 is 0 Å². The quantitative estimate of drug-likeness (QED) is 0.767. The molecule has 1 aliphatic rings. The molecule has 94 valence electrons. The third-order valence-electron chi connectivity index (χ3n) is 2.15. The first-order valence-corrected chi connectivity index (χ1v) is 7.39. The summed E-state index contributed by atoms with van der Waals surface area (Å²) in [7, 11) is 0. The SMILES string of the molecule is CCSC1=N/C(=C\c2c(F)cccc2Cl)C(=O)S1. The molecular weight excluding hydrogens is 293 g/mol. The van der Waals surface area contributed by atoms with Crippen LogP contribution in [0.25, 0.3) is 6.08 Å². The zero-order valence-corrected chi connectivity index (χ0v) is 11.8. The van der Waals surface area contributed by atoms with Crippen LogP contribution in [0.15, 0.2) is 28.9 Å². The molecule has 0 N–H and O–H groups in total. The lowest BCUT2D eigenvalue weighted by Crippen LogP contribution is -1.90. The van der Waals surface area contributed by atoms with Crippen molar-refractivity contribution in [2.75, 3.05) is 5.75 Å². The summed E-state index contributed by atoms with van der Waals surface area (Å²) in [4.78, 5) is 15.9. The maximum Gasteiger partial charge on any atom is 0.244 e. The molecule has 0 atom stereocenters. The van der Waals surface area contributed by atoms with Gasteiger partial charge in [-0.25, -0.2) is 9.38 Å². The largest absolute Gasteiger partial charge is 0.279 e. The topological polar surface area (TPSA) is 29.4 Å². The predicted molar refractivity (Wildman–Crippen MR) is 77.6 cm³/mol. The summed E-state index contributed by atoms with van der Waals surface area (Å²) in [5, 5.41) is 0.0948. The zero-order chi connectivity index (χ0) is 13.1. The van der Waals surface area contributed by atoms with Crippen molar-refractivity contribution in [1.29, 1.82) is 0 Å². The Labute approximate surface area is 118 Å². The third kappa shape index (κ3) is 2.96. The zero-order valence-electron chi connectivity index (χ0n) is 9.44. The number of carbonyl (C=O) groups excluding carboxylic acids is 1. The average Bonchev–Trinajstić information content (AvgIpc) is 2.65. The molecule has 1 aromatic rings. The van der Waals surface area contributed by atoms with Gasteiger partial charge >= 0.3 is 0 Å². The molecule has 0 aromatic heterocycles. The minimum atomic E-state index is -0.459. The number of benzene rings is 1. The highest BCUT2D eigenvalue weighted by Gasteiger charge is 2.22. The van der Waals surface area contributed by atoms with E-state index in [1.54, 1.807) is 6.07 Å². The van der Waals surface area contributed by atoms with Gasteiger partial charge in [0.2, 0.25) is 5.12 Å². The number of rotatable bonds is 2. The summed E-state index contributed by atoms with van der Waals surface area (Å²) in [6, 6.07) is 4.40. The van der Waals surface area contributed by atoms with Gasteiger partial charge in [0.15, 0.2) is 0 Å². The minimum absolute atomic E-state index is 0.176. The molecule has 0 bridgehead atoms. The average molecular weight is 302 g/mol. The molecule has 0 saturated carbocycles. The van der Waals surface area contributed by atoms with Gasteiger partial charge < -0.3 is 0 Å². The highest BCUT2D eigenvalue weighted by atomic mass is 35.5. The van der Waals surface area contributed by atoms with Crippen LogP contribution in [0, 0.1) is 5.82 Å². The van der Waals surface area contributed by atoms with Gasteiger partial charge in [0.05, 0.1) is 5.02 Å². The van der Waals surface area contributed by atoms with Crippen LogP contribution in [0.1, 0.15) is 12.5 Å². The van der Waals surface area contributed by atoms with Crippen LogP contribution in [-0.4, -0.2) is 15.2 Å². The Balaban J connectivity index is 2.36. The van der Waals surface area contributed by atoms with Gasteiger partial charge in [-0.15, -0.1) is 0 Å². The number of hydrogen-bond acceptors (Lipinski definition) is 4. The summed E-state index contributed by atoms with van der Waals surface area (Å²) in [6.07, 6.45) is 1.40. The highest BCUT2D eigenvalue weighted by Crippen LogP contribution is 2.32. The molecule has 6 heteroatoms. The van der Waals surface area contributed by atoms with E-state index in [-0.39, 0.29) is 21.4 Å². The Hall–Kier alpha value is -0.780. The number of thioether (sulfide) groups is 2. The van der Waals surface area contributed by atoms with Crippen molar-refractivity contribution >= 4 is 50.7 Å². The van der Waals surface area contributed by atoms with E-state index in [9.17, 15) is 9.18 Å². The van der Waals surface area contributed by atoms with Crippen LogP contribution in [-0.2, 0) is 4.79 Å². The summed E-state index contributed by atoms with van der Waals surface area (Å²) < 4.78 is 14.3. The van der Waals surface area contributed by atoms with Gasteiger partial charge in [0.25, 0.3) is 0 Å². The Kier molecular flexibility index (Phi) is 4.48. The Morgan fingerprint density at radius 1 is 1.56 bits per heavy atom. The number of carbonyl (C=O) groups is 1. The van der Waals surface area contributed by atoms with Crippen LogP contribution in [0.5, 0.6) is 0 Å². The first-order chi connectivity index (χ1) is 8.61. The van der Waals surface area contributed by atoms with Gasteiger partial charge in [-0.3, -0.25) is 4.79 Å². The maximum absolute atomic E-state index is 13.6. The molecule has 0 spiro atoms. The van der Waals surface area contributed by atoms with E-state index in [2.05, 4.69) is 4.99 Å². The molecule has 1 aromatic carbocycles. The molecule has 2 rings (SSSR count). The lowest BCUT2D eigenvalue weighted by Gasteiger charge is -1.99. The number of halogens is 2. The van der Waals surface area contributed by atoms with Crippen LogP contribution in [0.2, 0.25) is 5.02 Å². The molecule has 1 heterocycles. The van der Waals surface area contributed by atoms with Crippen LogP contribution in [0.3, 0.4) is 0 Å². The van der Waals surface area contributed by atoms with E-state index < -0.39 is 5.82 Å². The van der Waals surface area contributed by atoms with Gasteiger partial charge in [0, 0.05) is 5.56 Å². The summed E-state index contributed by atoms with van der Waals surface area (Å²) in [6.45, 7) is 1.98. The number of nitrogens with zero attached hydrogens (tertiary/aromatic N) is 1. The van der Waals surface area contributed by atoms with Crippen molar-refractivity contribution in [3.63, 3.8) is 0 Å². The fraction of sp³-hybridized carbons (Fsp3) is 0.167. The molecule has 0 saturated heterocycles. The van der Waals surface area contributed by atoms with E-state index in [1.807, 2.05) is 6.92 Å². The van der Waals surface area contributed by atoms with Crippen molar-refractivity contribution in [3.05, 3.63) is 40.3 Å². The molecule has 2 nitrogen and oxygen atoms in total. The monoisotopic (exact) mass is 301 g/mol. The fourth-order valence-electron chi connectivity index (χ4n) is 1.36. The predicted octanol–water partition coefficient (Wildman–Crippen LogP) is 4.20. The molecule has 0 unspecified atom stereocenters.